The zero-order valence-electron chi connectivity index (χ0n) is 12.0. The molecule has 2 aromatic rings. The van der Waals surface area contributed by atoms with Crippen molar-refractivity contribution < 1.29 is 8.78 Å². The zero-order valence-corrected chi connectivity index (χ0v) is 12.0. The Morgan fingerprint density at radius 2 is 1.75 bits per heavy atom. The van der Waals surface area contributed by atoms with Gasteiger partial charge in [-0.25, -0.2) is 8.78 Å². The van der Waals surface area contributed by atoms with Crippen molar-refractivity contribution in [3.63, 3.8) is 0 Å². The lowest BCUT2D eigenvalue weighted by Gasteiger charge is -2.19. The van der Waals surface area contributed by atoms with E-state index in [0.717, 1.165) is 16.7 Å². The summed E-state index contributed by atoms with van der Waals surface area (Å²) in [4.78, 5) is 0. The van der Waals surface area contributed by atoms with Crippen LogP contribution in [0.3, 0.4) is 0 Å². The Morgan fingerprint density at radius 1 is 1.00 bits per heavy atom. The monoisotopic (exact) mass is 275 g/mol. The van der Waals surface area contributed by atoms with Crippen molar-refractivity contribution in [2.45, 2.75) is 26.3 Å². The number of rotatable bonds is 4. The predicted molar refractivity (Wildman–Crippen MR) is 77.8 cm³/mol. The summed E-state index contributed by atoms with van der Waals surface area (Å²) in [6.45, 7) is 3.72. The maximum Gasteiger partial charge on any atom is 0.126 e. The third kappa shape index (κ3) is 3.23. The van der Waals surface area contributed by atoms with E-state index in [1.165, 1.54) is 12.1 Å². The highest BCUT2D eigenvalue weighted by molar-refractivity contribution is 5.31. The summed E-state index contributed by atoms with van der Waals surface area (Å²) in [5, 5.41) is 3.22. The number of halogens is 2. The van der Waals surface area contributed by atoms with Gasteiger partial charge in [-0.2, -0.15) is 0 Å². The second-order valence-electron chi connectivity index (χ2n) is 5.12. The van der Waals surface area contributed by atoms with E-state index in [4.69, 9.17) is 0 Å². The van der Waals surface area contributed by atoms with Gasteiger partial charge in [-0.15, -0.1) is 0 Å². The largest absolute Gasteiger partial charge is 0.313 e. The minimum atomic E-state index is -0.226. The lowest BCUT2D eigenvalue weighted by molar-refractivity contribution is 0.576. The van der Waals surface area contributed by atoms with Crippen molar-refractivity contribution in [3.05, 3.63) is 70.3 Å². The molecule has 0 fully saturated rings. The quantitative estimate of drug-likeness (QED) is 0.886. The molecule has 1 N–H and O–H groups in total. The number of benzene rings is 2. The fourth-order valence-electron chi connectivity index (χ4n) is 2.35. The van der Waals surface area contributed by atoms with Crippen molar-refractivity contribution in [1.29, 1.82) is 0 Å². The number of hydrogen-bond acceptors (Lipinski definition) is 1. The normalized spacial score (nSPS) is 12.4. The van der Waals surface area contributed by atoms with Gasteiger partial charge in [0, 0.05) is 6.04 Å². The summed E-state index contributed by atoms with van der Waals surface area (Å²) in [6, 6.07) is 9.95. The zero-order chi connectivity index (χ0) is 14.7. The van der Waals surface area contributed by atoms with Gasteiger partial charge in [-0.05, 0) is 67.8 Å². The van der Waals surface area contributed by atoms with Crippen LogP contribution < -0.4 is 5.32 Å². The van der Waals surface area contributed by atoms with E-state index in [2.05, 4.69) is 5.32 Å². The Hall–Kier alpha value is -1.74. The summed E-state index contributed by atoms with van der Waals surface area (Å²) >= 11 is 0. The van der Waals surface area contributed by atoms with Crippen LogP contribution >= 0.6 is 0 Å². The summed E-state index contributed by atoms with van der Waals surface area (Å²) in [7, 11) is 1.86. The molecule has 0 saturated carbocycles. The number of nitrogens with one attached hydrogen (secondary N) is 1. The van der Waals surface area contributed by atoms with Gasteiger partial charge in [0.2, 0.25) is 0 Å². The third-order valence-corrected chi connectivity index (χ3v) is 3.67. The van der Waals surface area contributed by atoms with Crippen molar-refractivity contribution in [2.75, 3.05) is 7.05 Å². The van der Waals surface area contributed by atoms with Gasteiger partial charge in [0.25, 0.3) is 0 Å². The van der Waals surface area contributed by atoms with Gasteiger partial charge in [0.15, 0.2) is 0 Å². The van der Waals surface area contributed by atoms with Crippen molar-refractivity contribution in [2.24, 2.45) is 0 Å². The molecule has 0 radical (unpaired) electrons. The molecular formula is C17H19F2N. The Bertz CT molecular complexity index is 608. The molecule has 0 amide bonds. The first kappa shape index (κ1) is 14.7. The summed E-state index contributed by atoms with van der Waals surface area (Å²) in [5.41, 5.74) is 3.66. The van der Waals surface area contributed by atoms with Gasteiger partial charge in [-0.1, -0.05) is 18.2 Å². The van der Waals surface area contributed by atoms with Gasteiger partial charge >= 0.3 is 0 Å². The molecule has 2 rings (SSSR count). The van der Waals surface area contributed by atoms with E-state index in [-0.39, 0.29) is 17.7 Å². The molecule has 2 aromatic carbocycles. The lowest BCUT2D eigenvalue weighted by Crippen LogP contribution is -2.19. The van der Waals surface area contributed by atoms with Crippen molar-refractivity contribution >= 4 is 0 Å². The van der Waals surface area contributed by atoms with Crippen LogP contribution in [-0.4, -0.2) is 7.05 Å². The molecule has 1 nitrogen and oxygen atoms in total. The van der Waals surface area contributed by atoms with E-state index in [1.807, 2.05) is 20.0 Å². The standard InChI is InChI=1S/C17H19F2N/c1-11-4-6-15(18)9-14(11)10-17(20-3)13-5-7-16(19)12(2)8-13/h4-9,17,20H,10H2,1-3H3. The van der Waals surface area contributed by atoms with Crippen LogP contribution in [0.4, 0.5) is 8.78 Å². The molecule has 0 bridgehead atoms. The first-order valence-electron chi connectivity index (χ1n) is 6.69. The van der Waals surface area contributed by atoms with Gasteiger partial charge in [-0.3, -0.25) is 0 Å². The number of hydrogen-bond donors (Lipinski definition) is 1. The summed E-state index contributed by atoms with van der Waals surface area (Å²) in [5.74, 6) is -0.429. The Kier molecular flexibility index (Phi) is 4.50. The Labute approximate surface area is 118 Å². The number of aryl methyl sites for hydroxylation is 2. The second-order valence-corrected chi connectivity index (χ2v) is 5.12. The van der Waals surface area contributed by atoms with Crippen LogP contribution in [0, 0.1) is 25.5 Å². The molecule has 0 aliphatic rings. The van der Waals surface area contributed by atoms with E-state index in [1.54, 1.807) is 25.1 Å². The van der Waals surface area contributed by atoms with E-state index in [0.29, 0.717) is 12.0 Å². The first-order chi connectivity index (χ1) is 9.51. The number of likely N-dealkylation sites (N-methyl/N-ethyl adjacent to an activating group) is 1. The highest BCUT2D eigenvalue weighted by Gasteiger charge is 2.13. The Morgan fingerprint density at radius 3 is 2.40 bits per heavy atom. The molecule has 20 heavy (non-hydrogen) atoms. The highest BCUT2D eigenvalue weighted by atomic mass is 19.1. The molecule has 1 unspecified atom stereocenters. The van der Waals surface area contributed by atoms with Crippen LogP contribution in [-0.2, 0) is 6.42 Å². The molecule has 106 valence electrons. The van der Waals surface area contributed by atoms with E-state index >= 15 is 0 Å². The minimum Gasteiger partial charge on any atom is -0.313 e. The lowest BCUT2D eigenvalue weighted by atomic mass is 9.95. The molecule has 0 spiro atoms. The van der Waals surface area contributed by atoms with Gasteiger partial charge in [0.1, 0.15) is 11.6 Å². The van der Waals surface area contributed by atoms with Crippen LogP contribution in [0.2, 0.25) is 0 Å². The molecule has 0 saturated heterocycles. The molecule has 1 atom stereocenters. The highest BCUT2D eigenvalue weighted by Crippen LogP contribution is 2.22. The average molecular weight is 275 g/mol. The third-order valence-electron chi connectivity index (χ3n) is 3.67. The molecule has 0 aliphatic heterocycles. The fraction of sp³-hybridized carbons (Fsp3) is 0.294. The smallest absolute Gasteiger partial charge is 0.126 e. The molecule has 3 heteroatoms. The Balaban J connectivity index is 2.28. The van der Waals surface area contributed by atoms with Gasteiger partial charge in [0.05, 0.1) is 0 Å². The fourth-order valence-corrected chi connectivity index (χ4v) is 2.35. The molecule has 0 aromatic heterocycles. The average Bonchev–Trinajstić information content (AvgIpc) is 2.43. The van der Waals surface area contributed by atoms with Crippen molar-refractivity contribution in [3.8, 4) is 0 Å². The topological polar surface area (TPSA) is 12.0 Å². The van der Waals surface area contributed by atoms with Crippen LogP contribution in [0.1, 0.15) is 28.3 Å². The maximum atomic E-state index is 13.4. The minimum absolute atomic E-state index is 0.0369. The summed E-state index contributed by atoms with van der Waals surface area (Å²) < 4.78 is 26.7. The van der Waals surface area contributed by atoms with E-state index < -0.39 is 0 Å². The maximum absolute atomic E-state index is 13.4. The van der Waals surface area contributed by atoms with Gasteiger partial charge < -0.3 is 5.32 Å². The van der Waals surface area contributed by atoms with Crippen LogP contribution in [0.5, 0.6) is 0 Å². The SMILES string of the molecule is CNC(Cc1cc(F)ccc1C)c1ccc(F)c(C)c1. The molecule has 0 heterocycles. The van der Waals surface area contributed by atoms with E-state index in [9.17, 15) is 8.78 Å². The van der Waals surface area contributed by atoms with Crippen LogP contribution in [0.25, 0.3) is 0 Å². The predicted octanol–water partition coefficient (Wildman–Crippen LogP) is 4.08. The molecule has 0 aliphatic carbocycles. The molecular weight excluding hydrogens is 256 g/mol. The van der Waals surface area contributed by atoms with Crippen LogP contribution in [0.15, 0.2) is 36.4 Å². The summed E-state index contributed by atoms with van der Waals surface area (Å²) in [6.07, 6.45) is 0.672. The second kappa shape index (κ2) is 6.14. The first-order valence-corrected chi connectivity index (χ1v) is 6.69. The van der Waals surface area contributed by atoms with Crippen molar-refractivity contribution in [1.82, 2.24) is 5.32 Å².